The van der Waals surface area contributed by atoms with Crippen LogP contribution in [0.25, 0.3) is 0 Å². The molecule has 1 aromatic rings. The van der Waals surface area contributed by atoms with E-state index in [-0.39, 0.29) is 0 Å². The molecule has 1 aliphatic heterocycles. The van der Waals surface area contributed by atoms with Crippen molar-refractivity contribution in [3.63, 3.8) is 0 Å². The van der Waals surface area contributed by atoms with Crippen molar-refractivity contribution in [1.29, 1.82) is 0 Å². The van der Waals surface area contributed by atoms with E-state index >= 15 is 0 Å². The zero-order valence-electron chi connectivity index (χ0n) is 11.1. The number of likely N-dealkylation sites (N-methyl/N-ethyl adjacent to an activating group) is 1. The number of nitrogens with one attached hydrogen (secondary N) is 1. The van der Waals surface area contributed by atoms with Gasteiger partial charge in [0, 0.05) is 38.9 Å². The molecule has 0 amide bonds. The highest BCUT2D eigenvalue weighted by Crippen LogP contribution is 2.25. The van der Waals surface area contributed by atoms with Gasteiger partial charge in [-0.2, -0.15) is 0 Å². The van der Waals surface area contributed by atoms with Gasteiger partial charge in [0.2, 0.25) is 0 Å². The van der Waals surface area contributed by atoms with E-state index in [4.69, 9.17) is 11.6 Å². The maximum atomic E-state index is 6.32. The molecule has 0 bridgehead atoms. The number of pyridine rings is 1. The monoisotopic (exact) mass is 268 g/mol. The molecular weight excluding hydrogens is 248 g/mol. The average Bonchev–Trinajstić information content (AvgIpc) is 2.40. The van der Waals surface area contributed by atoms with Crippen LogP contribution in [0.5, 0.6) is 0 Å². The normalized spacial score (nSPS) is 17.2. The van der Waals surface area contributed by atoms with Gasteiger partial charge >= 0.3 is 0 Å². The summed E-state index contributed by atoms with van der Waals surface area (Å²) in [7, 11) is 1.92. The van der Waals surface area contributed by atoms with Crippen LogP contribution in [-0.2, 0) is 6.54 Å². The summed E-state index contributed by atoms with van der Waals surface area (Å²) in [6, 6.07) is 2.01. The third-order valence-corrected chi connectivity index (χ3v) is 3.66. The van der Waals surface area contributed by atoms with Crippen LogP contribution in [0.4, 0.5) is 5.82 Å². The molecule has 100 valence electrons. The summed E-state index contributed by atoms with van der Waals surface area (Å²) in [6.45, 7) is 8.32. The molecule has 1 fully saturated rings. The highest BCUT2D eigenvalue weighted by Gasteiger charge is 2.18. The lowest BCUT2D eigenvalue weighted by Crippen LogP contribution is -2.46. The molecule has 1 N–H and O–H groups in total. The number of rotatable bonds is 4. The number of hydrogen-bond donors (Lipinski definition) is 1. The summed E-state index contributed by atoms with van der Waals surface area (Å²) in [5, 5.41) is 3.86. The van der Waals surface area contributed by atoms with Gasteiger partial charge in [-0.05, 0) is 25.2 Å². The van der Waals surface area contributed by atoms with Gasteiger partial charge in [-0.3, -0.25) is 0 Å². The van der Waals surface area contributed by atoms with Gasteiger partial charge in [0.05, 0.1) is 5.02 Å². The van der Waals surface area contributed by atoms with E-state index in [0.717, 1.165) is 55.7 Å². The minimum Gasteiger partial charge on any atom is -0.353 e. The fraction of sp³-hybridized carbons (Fsp3) is 0.615. The first-order valence-electron chi connectivity index (χ1n) is 6.51. The molecule has 5 heteroatoms. The lowest BCUT2D eigenvalue weighted by molar-refractivity contribution is 0.270. The molecule has 18 heavy (non-hydrogen) atoms. The van der Waals surface area contributed by atoms with Crippen molar-refractivity contribution in [2.45, 2.75) is 13.5 Å². The molecule has 4 nitrogen and oxygen atoms in total. The molecule has 0 spiro atoms. The van der Waals surface area contributed by atoms with Gasteiger partial charge in [0.25, 0.3) is 0 Å². The summed E-state index contributed by atoms with van der Waals surface area (Å²) < 4.78 is 0. The molecule has 0 radical (unpaired) electrons. The van der Waals surface area contributed by atoms with Crippen molar-refractivity contribution >= 4 is 17.4 Å². The lowest BCUT2D eigenvalue weighted by Gasteiger charge is -2.35. The van der Waals surface area contributed by atoms with Gasteiger partial charge in [0.15, 0.2) is 0 Å². The van der Waals surface area contributed by atoms with Crippen LogP contribution < -0.4 is 10.2 Å². The third kappa shape index (κ3) is 3.13. The Labute approximate surface area is 114 Å². The zero-order valence-corrected chi connectivity index (χ0v) is 11.9. The summed E-state index contributed by atoms with van der Waals surface area (Å²) in [5.74, 6) is 0.923. The Morgan fingerprint density at radius 1 is 1.33 bits per heavy atom. The molecule has 1 aliphatic rings. The second kappa shape index (κ2) is 6.36. The van der Waals surface area contributed by atoms with Crippen molar-refractivity contribution in [1.82, 2.24) is 15.2 Å². The lowest BCUT2D eigenvalue weighted by atomic mass is 10.2. The van der Waals surface area contributed by atoms with Crippen LogP contribution in [-0.4, -0.2) is 49.7 Å². The first-order chi connectivity index (χ1) is 8.74. The van der Waals surface area contributed by atoms with Crippen molar-refractivity contribution in [3.8, 4) is 0 Å². The second-order valence-corrected chi connectivity index (χ2v) is 5.01. The largest absolute Gasteiger partial charge is 0.353 e. The van der Waals surface area contributed by atoms with Gasteiger partial charge in [-0.25, -0.2) is 4.98 Å². The zero-order chi connectivity index (χ0) is 13.0. The Morgan fingerprint density at radius 2 is 2.06 bits per heavy atom. The highest BCUT2D eigenvalue weighted by atomic mass is 35.5. The van der Waals surface area contributed by atoms with Crippen LogP contribution >= 0.6 is 11.6 Å². The summed E-state index contributed by atoms with van der Waals surface area (Å²) in [6.07, 6.45) is 1.91. The molecule has 2 heterocycles. The topological polar surface area (TPSA) is 31.4 Å². The summed E-state index contributed by atoms with van der Waals surface area (Å²) in [4.78, 5) is 9.23. The molecule has 0 saturated carbocycles. The molecule has 1 aromatic heterocycles. The number of hydrogen-bond acceptors (Lipinski definition) is 4. The van der Waals surface area contributed by atoms with Gasteiger partial charge in [-0.15, -0.1) is 0 Å². The first-order valence-corrected chi connectivity index (χ1v) is 6.88. The Balaban J connectivity index is 2.05. The van der Waals surface area contributed by atoms with E-state index in [1.807, 2.05) is 19.3 Å². The first kappa shape index (κ1) is 13.6. The fourth-order valence-electron chi connectivity index (χ4n) is 2.28. The van der Waals surface area contributed by atoms with Crippen LogP contribution in [0, 0.1) is 0 Å². The van der Waals surface area contributed by atoms with Gasteiger partial charge in [-0.1, -0.05) is 18.5 Å². The van der Waals surface area contributed by atoms with Crippen molar-refractivity contribution in [3.05, 3.63) is 22.8 Å². The van der Waals surface area contributed by atoms with Gasteiger partial charge < -0.3 is 15.1 Å². The Hall–Kier alpha value is -0.840. The predicted octanol–water partition coefficient (Wildman–Crippen LogP) is 1.60. The van der Waals surface area contributed by atoms with Crippen LogP contribution in [0.3, 0.4) is 0 Å². The molecule has 0 aliphatic carbocycles. The second-order valence-electron chi connectivity index (χ2n) is 4.60. The standard InChI is InChI=1S/C13H21ClN4/c1-3-17-4-6-18(7-5-17)13-12(14)8-11(9-15-2)10-16-13/h8,10,15H,3-7,9H2,1-2H3. The maximum Gasteiger partial charge on any atom is 0.147 e. The van der Waals surface area contributed by atoms with E-state index in [1.54, 1.807) is 0 Å². The fourth-order valence-corrected chi connectivity index (χ4v) is 2.59. The van der Waals surface area contributed by atoms with Crippen molar-refractivity contribution in [2.75, 3.05) is 44.7 Å². The van der Waals surface area contributed by atoms with E-state index < -0.39 is 0 Å². The molecule has 0 unspecified atom stereocenters. The third-order valence-electron chi connectivity index (χ3n) is 3.38. The minimum absolute atomic E-state index is 0.757. The number of nitrogens with zero attached hydrogens (tertiary/aromatic N) is 3. The van der Waals surface area contributed by atoms with Crippen molar-refractivity contribution in [2.24, 2.45) is 0 Å². The summed E-state index contributed by atoms with van der Waals surface area (Å²) in [5.41, 5.74) is 1.12. The number of anilines is 1. The van der Waals surface area contributed by atoms with Crippen molar-refractivity contribution < 1.29 is 0 Å². The van der Waals surface area contributed by atoms with Crippen LogP contribution in [0.15, 0.2) is 12.3 Å². The Morgan fingerprint density at radius 3 is 2.61 bits per heavy atom. The minimum atomic E-state index is 0.757. The van der Waals surface area contributed by atoms with E-state index in [9.17, 15) is 0 Å². The van der Waals surface area contributed by atoms with Crippen LogP contribution in [0.2, 0.25) is 5.02 Å². The van der Waals surface area contributed by atoms with E-state index in [1.165, 1.54) is 0 Å². The van der Waals surface area contributed by atoms with E-state index in [2.05, 4.69) is 27.0 Å². The molecule has 0 aromatic carbocycles. The number of piperazine rings is 1. The smallest absolute Gasteiger partial charge is 0.147 e. The Kier molecular flexibility index (Phi) is 4.80. The molecular formula is C13H21ClN4. The average molecular weight is 269 g/mol. The number of halogens is 1. The van der Waals surface area contributed by atoms with Crippen LogP contribution in [0.1, 0.15) is 12.5 Å². The maximum absolute atomic E-state index is 6.32. The summed E-state index contributed by atoms with van der Waals surface area (Å²) >= 11 is 6.32. The molecule has 1 saturated heterocycles. The quantitative estimate of drug-likeness (QED) is 0.899. The highest BCUT2D eigenvalue weighted by molar-refractivity contribution is 6.33. The predicted molar refractivity (Wildman–Crippen MR) is 76.3 cm³/mol. The molecule has 2 rings (SSSR count). The molecule has 0 atom stereocenters. The van der Waals surface area contributed by atoms with Gasteiger partial charge in [0.1, 0.15) is 5.82 Å². The number of aromatic nitrogens is 1. The SMILES string of the molecule is CCN1CCN(c2ncc(CNC)cc2Cl)CC1. The van der Waals surface area contributed by atoms with E-state index in [0.29, 0.717) is 0 Å². The Bertz CT molecular complexity index is 389.